The fourth-order valence-corrected chi connectivity index (χ4v) is 1.83. The van der Waals surface area contributed by atoms with E-state index in [1.165, 1.54) is 11.3 Å². The van der Waals surface area contributed by atoms with Crippen molar-refractivity contribution in [2.75, 3.05) is 11.9 Å². The van der Waals surface area contributed by atoms with Crippen LogP contribution in [0.15, 0.2) is 11.6 Å². The second-order valence-electron chi connectivity index (χ2n) is 3.91. The van der Waals surface area contributed by atoms with Gasteiger partial charge in [0.15, 0.2) is 5.13 Å². The summed E-state index contributed by atoms with van der Waals surface area (Å²) in [4.78, 5) is 27.3. The summed E-state index contributed by atoms with van der Waals surface area (Å²) in [5, 5.41) is 7.46. The molecule has 0 aliphatic heterocycles. The SMILES string of the molecule is CCOC(=O)N[C@@H](C(=O)Nc1nccs1)C(C)C. The lowest BCUT2D eigenvalue weighted by Crippen LogP contribution is -2.47. The van der Waals surface area contributed by atoms with Crippen molar-refractivity contribution < 1.29 is 14.3 Å². The normalized spacial score (nSPS) is 12.0. The molecule has 0 fully saturated rings. The summed E-state index contributed by atoms with van der Waals surface area (Å²) < 4.78 is 4.76. The van der Waals surface area contributed by atoms with E-state index in [0.717, 1.165) is 0 Å². The third-order valence-electron chi connectivity index (χ3n) is 2.16. The number of anilines is 1. The molecule has 0 radical (unpaired) electrons. The van der Waals surface area contributed by atoms with Gasteiger partial charge in [-0.25, -0.2) is 9.78 Å². The van der Waals surface area contributed by atoms with Crippen molar-refractivity contribution in [3.8, 4) is 0 Å². The summed E-state index contributed by atoms with van der Waals surface area (Å²) in [7, 11) is 0. The summed E-state index contributed by atoms with van der Waals surface area (Å²) in [6, 6.07) is -0.645. The van der Waals surface area contributed by atoms with Gasteiger partial charge in [-0.05, 0) is 12.8 Å². The maximum absolute atomic E-state index is 12.0. The summed E-state index contributed by atoms with van der Waals surface area (Å²) >= 11 is 1.32. The minimum absolute atomic E-state index is 0.0469. The van der Waals surface area contributed by atoms with Gasteiger partial charge in [-0.1, -0.05) is 13.8 Å². The van der Waals surface area contributed by atoms with Crippen LogP contribution in [0.25, 0.3) is 0 Å². The molecule has 0 aliphatic rings. The van der Waals surface area contributed by atoms with Crippen molar-refractivity contribution in [3.05, 3.63) is 11.6 Å². The van der Waals surface area contributed by atoms with E-state index in [0.29, 0.717) is 5.13 Å². The minimum Gasteiger partial charge on any atom is -0.450 e. The first-order chi connectivity index (χ1) is 8.54. The van der Waals surface area contributed by atoms with Crippen molar-refractivity contribution in [2.45, 2.75) is 26.8 Å². The van der Waals surface area contributed by atoms with Gasteiger partial charge >= 0.3 is 6.09 Å². The summed E-state index contributed by atoms with van der Waals surface area (Å²) in [5.41, 5.74) is 0. The molecule has 2 N–H and O–H groups in total. The number of rotatable bonds is 5. The zero-order valence-electron chi connectivity index (χ0n) is 10.6. The largest absolute Gasteiger partial charge is 0.450 e. The van der Waals surface area contributed by atoms with E-state index in [-0.39, 0.29) is 18.4 Å². The number of hydrogen-bond donors (Lipinski definition) is 2. The predicted octanol–water partition coefficient (Wildman–Crippen LogP) is 1.85. The van der Waals surface area contributed by atoms with Crippen LogP contribution < -0.4 is 10.6 Å². The van der Waals surface area contributed by atoms with Crippen LogP contribution in [0.4, 0.5) is 9.93 Å². The Bertz CT molecular complexity index is 392. The number of thiazole rings is 1. The Morgan fingerprint density at radius 2 is 2.22 bits per heavy atom. The smallest absolute Gasteiger partial charge is 0.407 e. The molecule has 1 rings (SSSR count). The highest BCUT2D eigenvalue weighted by Gasteiger charge is 2.25. The van der Waals surface area contributed by atoms with Gasteiger partial charge in [0.1, 0.15) is 6.04 Å². The van der Waals surface area contributed by atoms with Crippen molar-refractivity contribution in [1.82, 2.24) is 10.3 Å². The summed E-state index contributed by atoms with van der Waals surface area (Å²) in [6.07, 6.45) is 1.01. The monoisotopic (exact) mass is 271 g/mol. The molecule has 0 saturated carbocycles. The average Bonchev–Trinajstić information content (AvgIpc) is 2.78. The van der Waals surface area contributed by atoms with E-state index in [1.807, 2.05) is 13.8 Å². The molecule has 0 bridgehead atoms. The first-order valence-corrected chi connectivity index (χ1v) is 6.56. The van der Waals surface area contributed by atoms with E-state index < -0.39 is 12.1 Å². The third kappa shape index (κ3) is 4.33. The molecule has 1 heterocycles. The number of nitrogens with zero attached hydrogens (tertiary/aromatic N) is 1. The zero-order chi connectivity index (χ0) is 13.5. The quantitative estimate of drug-likeness (QED) is 0.856. The fourth-order valence-electron chi connectivity index (χ4n) is 1.30. The Balaban J connectivity index is 2.61. The molecule has 0 saturated heterocycles. The number of ether oxygens (including phenoxy) is 1. The predicted molar refractivity (Wildman–Crippen MR) is 69.5 cm³/mol. The Morgan fingerprint density at radius 3 is 2.72 bits per heavy atom. The van der Waals surface area contributed by atoms with E-state index in [1.54, 1.807) is 18.5 Å². The number of alkyl carbamates (subject to hydrolysis) is 1. The number of amides is 2. The third-order valence-corrected chi connectivity index (χ3v) is 2.85. The molecule has 18 heavy (non-hydrogen) atoms. The molecule has 100 valence electrons. The van der Waals surface area contributed by atoms with Crippen molar-refractivity contribution in [2.24, 2.45) is 5.92 Å². The van der Waals surface area contributed by atoms with Crippen LogP contribution in [0.1, 0.15) is 20.8 Å². The molecule has 0 aromatic carbocycles. The molecular formula is C11H17N3O3S. The lowest BCUT2D eigenvalue weighted by Gasteiger charge is -2.20. The molecule has 0 unspecified atom stereocenters. The number of hydrogen-bond acceptors (Lipinski definition) is 5. The van der Waals surface area contributed by atoms with Crippen LogP contribution in [-0.4, -0.2) is 29.6 Å². The van der Waals surface area contributed by atoms with Crippen molar-refractivity contribution >= 4 is 28.5 Å². The van der Waals surface area contributed by atoms with Gasteiger partial charge in [0.05, 0.1) is 6.61 Å². The molecule has 0 aliphatic carbocycles. The molecule has 0 spiro atoms. The molecule has 6 nitrogen and oxygen atoms in total. The van der Waals surface area contributed by atoms with Gasteiger partial charge in [0.25, 0.3) is 0 Å². The summed E-state index contributed by atoms with van der Waals surface area (Å²) in [6.45, 7) is 5.67. The van der Waals surface area contributed by atoms with Crippen LogP contribution in [0, 0.1) is 5.92 Å². The minimum atomic E-state index is -0.645. The van der Waals surface area contributed by atoms with E-state index in [4.69, 9.17) is 4.74 Å². The second-order valence-corrected chi connectivity index (χ2v) is 4.81. The number of carbonyl (C=O) groups is 2. The van der Waals surface area contributed by atoms with Crippen LogP contribution in [-0.2, 0) is 9.53 Å². The van der Waals surface area contributed by atoms with E-state index >= 15 is 0 Å². The first kappa shape index (κ1) is 14.4. The molecule has 1 aromatic rings. The van der Waals surface area contributed by atoms with Gasteiger partial charge in [-0.3, -0.25) is 4.79 Å². The first-order valence-electron chi connectivity index (χ1n) is 5.68. The Hall–Kier alpha value is -1.63. The lowest BCUT2D eigenvalue weighted by atomic mass is 10.0. The second kappa shape index (κ2) is 6.95. The highest BCUT2D eigenvalue weighted by atomic mass is 32.1. The van der Waals surface area contributed by atoms with Crippen LogP contribution in [0.2, 0.25) is 0 Å². The fraction of sp³-hybridized carbons (Fsp3) is 0.545. The highest BCUT2D eigenvalue weighted by Crippen LogP contribution is 2.12. The maximum Gasteiger partial charge on any atom is 0.407 e. The standard InChI is InChI=1S/C11H17N3O3S/c1-4-17-11(16)13-8(7(2)3)9(15)14-10-12-5-6-18-10/h5-8H,4H2,1-3H3,(H,13,16)(H,12,14,15)/t8-/m1/s1. The average molecular weight is 271 g/mol. The van der Waals surface area contributed by atoms with Crippen LogP contribution in [0.5, 0.6) is 0 Å². The molecular weight excluding hydrogens is 254 g/mol. The maximum atomic E-state index is 12.0. The number of nitrogens with one attached hydrogen (secondary N) is 2. The van der Waals surface area contributed by atoms with Crippen molar-refractivity contribution in [1.29, 1.82) is 0 Å². The van der Waals surface area contributed by atoms with Crippen LogP contribution in [0.3, 0.4) is 0 Å². The van der Waals surface area contributed by atoms with Gasteiger partial charge in [-0.2, -0.15) is 0 Å². The molecule has 2 amide bonds. The molecule has 1 atom stereocenters. The van der Waals surface area contributed by atoms with E-state index in [2.05, 4.69) is 15.6 Å². The van der Waals surface area contributed by atoms with Gasteiger partial charge < -0.3 is 15.4 Å². The summed E-state index contributed by atoms with van der Waals surface area (Å²) in [5.74, 6) is -0.345. The Labute approximate surface area is 110 Å². The zero-order valence-corrected chi connectivity index (χ0v) is 11.4. The van der Waals surface area contributed by atoms with Gasteiger partial charge in [-0.15, -0.1) is 11.3 Å². The topological polar surface area (TPSA) is 80.3 Å². The Kier molecular flexibility index (Phi) is 5.57. The van der Waals surface area contributed by atoms with Crippen molar-refractivity contribution in [3.63, 3.8) is 0 Å². The number of carbonyl (C=O) groups excluding carboxylic acids is 2. The number of aromatic nitrogens is 1. The molecule has 7 heteroatoms. The van der Waals surface area contributed by atoms with Gasteiger partial charge in [0, 0.05) is 11.6 Å². The highest BCUT2D eigenvalue weighted by molar-refractivity contribution is 7.13. The lowest BCUT2D eigenvalue weighted by molar-refractivity contribution is -0.119. The van der Waals surface area contributed by atoms with Gasteiger partial charge in [0.2, 0.25) is 5.91 Å². The van der Waals surface area contributed by atoms with Crippen LogP contribution >= 0.6 is 11.3 Å². The molecule has 1 aromatic heterocycles. The van der Waals surface area contributed by atoms with E-state index in [9.17, 15) is 9.59 Å². The Morgan fingerprint density at radius 1 is 1.50 bits per heavy atom.